The molecule has 11 heteroatoms. The van der Waals surface area contributed by atoms with Gasteiger partial charge in [0.15, 0.2) is 0 Å². The van der Waals surface area contributed by atoms with E-state index in [4.69, 9.17) is 15.0 Å². The SMILES string of the molecule is CC(C)[C@@H](NC(=O)c1cncn1C)C(=O)O.O=C(O)C(F)(F)F. The van der Waals surface area contributed by atoms with Gasteiger partial charge in [-0.3, -0.25) is 4.79 Å². The number of nitrogens with zero attached hydrogens (tertiary/aromatic N) is 2. The van der Waals surface area contributed by atoms with Crippen molar-refractivity contribution in [2.75, 3.05) is 0 Å². The maximum Gasteiger partial charge on any atom is 0.490 e. The van der Waals surface area contributed by atoms with Gasteiger partial charge in [0.1, 0.15) is 11.7 Å². The quantitative estimate of drug-likeness (QED) is 0.749. The van der Waals surface area contributed by atoms with Crippen LogP contribution in [0.1, 0.15) is 24.3 Å². The molecule has 0 aliphatic carbocycles. The van der Waals surface area contributed by atoms with Crippen molar-refractivity contribution in [2.45, 2.75) is 26.1 Å². The molecule has 0 spiro atoms. The van der Waals surface area contributed by atoms with Crippen LogP contribution >= 0.6 is 0 Å². The van der Waals surface area contributed by atoms with E-state index in [1.165, 1.54) is 17.1 Å². The van der Waals surface area contributed by atoms with Gasteiger partial charge in [0.25, 0.3) is 5.91 Å². The Hall–Kier alpha value is -2.59. The Morgan fingerprint density at radius 1 is 1.26 bits per heavy atom. The minimum absolute atomic E-state index is 0.172. The summed E-state index contributed by atoms with van der Waals surface area (Å²) in [5, 5.41) is 18.5. The lowest BCUT2D eigenvalue weighted by molar-refractivity contribution is -0.192. The van der Waals surface area contributed by atoms with Crippen molar-refractivity contribution in [2.24, 2.45) is 13.0 Å². The van der Waals surface area contributed by atoms with E-state index in [-0.39, 0.29) is 5.92 Å². The summed E-state index contributed by atoms with van der Waals surface area (Å²) in [6, 6.07) is -0.887. The number of aryl methyl sites for hydroxylation is 1. The van der Waals surface area contributed by atoms with Crippen molar-refractivity contribution in [3.63, 3.8) is 0 Å². The van der Waals surface area contributed by atoms with Crippen molar-refractivity contribution >= 4 is 17.8 Å². The van der Waals surface area contributed by atoms with Crippen LogP contribution in [-0.4, -0.2) is 49.8 Å². The maximum absolute atomic E-state index is 11.7. The molecule has 1 amide bonds. The van der Waals surface area contributed by atoms with Crippen LogP contribution in [0, 0.1) is 5.92 Å². The van der Waals surface area contributed by atoms with Crippen molar-refractivity contribution in [1.82, 2.24) is 14.9 Å². The van der Waals surface area contributed by atoms with Crippen LogP contribution in [0.4, 0.5) is 13.2 Å². The van der Waals surface area contributed by atoms with Gasteiger partial charge in [0.05, 0.1) is 12.5 Å². The molecule has 0 aliphatic heterocycles. The molecule has 0 saturated heterocycles. The van der Waals surface area contributed by atoms with Gasteiger partial charge in [0.2, 0.25) is 0 Å². The fourth-order valence-corrected chi connectivity index (χ4v) is 1.30. The van der Waals surface area contributed by atoms with E-state index in [2.05, 4.69) is 10.3 Å². The van der Waals surface area contributed by atoms with E-state index in [1.807, 2.05) is 0 Å². The molecule has 0 radical (unpaired) electrons. The van der Waals surface area contributed by atoms with Gasteiger partial charge in [-0.05, 0) is 5.92 Å². The molecule has 1 aromatic heterocycles. The number of carboxylic acids is 2. The number of carbonyl (C=O) groups excluding carboxylic acids is 1. The van der Waals surface area contributed by atoms with Crippen LogP contribution in [0.5, 0.6) is 0 Å². The molecular formula is C12H16F3N3O5. The topological polar surface area (TPSA) is 122 Å². The number of aliphatic carboxylic acids is 2. The van der Waals surface area contributed by atoms with E-state index >= 15 is 0 Å². The van der Waals surface area contributed by atoms with Crippen molar-refractivity contribution in [1.29, 1.82) is 0 Å². The summed E-state index contributed by atoms with van der Waals surface area (Å²) in [5.74, 6) is -4.39. The van der Waals surface area contributed by atoms with E-state index in [9.17, 15) is 22.8 Å². The third-order valence-electron chi connectivity index (χ3n) is 2.51. The number of alkyl halides is 3. The zero-order chi connectivity index (χ0) is 18.4. The number of rotatable bonds is 4. The molecule has 0 saturated carbocycles. The number of nitrogens with one attached hydrogen (secondary N) is 1. The molecule has 0 fully saturated rings. The van der Waals surface area contributed by atoms with Crippen LogP contribution < -0.4 is 5.32 Å². The van der Waals surface area contributed by atoms with Gasteiger partial charge >= 0.3 is 18.1 Å². The van der Waals surface area contributed by atoms with Crippen molar-refractivity contribution in [3.8, 4) is 0 Å². The Bertz CT molecular complexity index is 569. The van der Waals surface area contributed by atoms with Crippen LogP contribution in [-0.2, 0) is 16.6 Å². The Morgan fingerprint density at radius 2 is 1.74 bits per heavy atom. The number of aromatic nitrogens is 2. The molecule has 8 nitrogen and oxygen atoms in total. The third-order valence-corrected chi connectivity index (χ3v) is 2.51. The molecule has 0 aliphatic rings. The van der Waals surface area contributed by atoms with E-state index < -0.39 is 30.1 Å². The summed E-state index contributed by atoms with van der Waals surface area (Å²) >= 11 is 0. The smallest absolute Gasteiger partial charge is 0.480 e. The van der Waals surface area contributed by atoms with Crippen LogP contribution in [0.15, 0.2) is 12.5 Å². The van der Waals surface area contributed by atoms with Gasteiger partial charge < -0.3 is 20.1 Å². The highest BCUT2D eigenvalue weighted by Gasteiger charge is 2.38. The number of carboxylic acid groups (broad SMARTS) is 2. The zero-order valence-corrected chi connectivity index (χ0v) is 12.5. The fourth-order valence-electron chi connectivity index (χ4n) is 1.30. The van der Waals surface area contributed by atoms with Gasteiger partial charge in [-0.2, -0.15) is 13.2 Å². The predicted octanol–water partition coefficient (Wildman–Crippen LogP) is 0.892. The van der Waals surface area contributed by atoms with E-state index in [0.717, 1.165) is 0 Å². The lowest BCUT2D eigenvalue weighted by Crippen LogP contribution is -2.44. The second kappa shape index (κ2) is 8.15. The molecule has 1 aromatic rings. The van der Waals surface area contributed by atoms with Gasteiger partial charge in [-0.15, -0.1) is 0 Å². The number of amides is 1. The van der Waals surface area contributed by atoms with Crippen molar-refractivity contribution in [3.05, 3.63) is 18.2 Å². The summed E-state index contributed by atoms with van der Waals surface area (Å²) in [5.41, 5.74) is 0.340. The van der Waals surface area contributed by atoms with E-state index in [0.29, 0.717) is 5.69 Å². The second-order valence-corrected chi connectivity index (χ2v) is 4.73. The molecule has 3 N–H and O–H groups in total. The first-order chi connectivity index (χ1) is 10.4. The van der Waals surface area contributed by atoms with Crippen LogP contribution in [0.2, 0.25) is 0 Å². The standard InChI is InChI=1S/C10H15N3O3.C2HF3O2/c1-6(2)8(10(15)16)12-9(14)7-4-11-5-13(7)3;3-2(4,5)1(6)7/h4-6,8H,1-3H3,(H,12,14)(H,15,16);(H,6,7)/t8-;/m1./s1. The van der Waals surface area contributed by atoms with E-state index in [1.54, 1.807) is 20.9 Å². The summed E-state index contributed by atoms with van der Waals surface area (Å²) in [6.45, 7) is 3.48. The number of hydrogen-bond donors (Lipinski definition) is 3. The first-order valence-corrected chi connectivity index (χ1v) is 6.18. The first-order valence-electron chi connectivity index (χ1n) is 6.18. The highest BCUT2D eigenvalue weighted by atomic mass is 19.4. The largest absolute Gasteiger partial charge is 0.490 e. The Balaban J connectivity index is 0.000000585. The molecule has 0 unspecified atom stereocenters. The molecule has 23 heavy (non-hydrogen) atoms. The minimum atomic E-state index is -5.08. The lowest BCUT2D eigenvalue weighted by atomic mass is 10.0. The first kappa shape index (κ1) is 20.4. The lowest BCUT2D eigenvalue weighted by Gasteiger charge is -2.17. The van der Waals surface area contributed by atoms with Gasteiger partial charge in [0, 0.05) is 7.05 Å². The average Bonchev–Trinajstić information content (AvgIpc) is 2.80. The van der Waals surface area contributed by atoms with Crippen molar-refractivity contribution < 1.29 is 37.8 Å². The second-order valence-electron chi connectivity index (χ2n) is 4.73. The molecule has 1 atom stereocenters. The third kappa shape index (κ3) is 6.80. The molecule has 0 aromatic carbocycles. The number of carbonyl (C=O) groups is 3. The summed E-state index contributed by atoms with van der Waals surface area (Å²) < 4.78 is 33.3. The normalized spacial score (nSPS) is 12.1. The number of hydrogen-bond acceptors (Lipinski definition) is 4. The predicted molar refractivity (Wildman–Crippen MR) is 70.6 cm³/mol. The van der Waals surface area contributed by atoms with Gasteiger partial charge in [-0.25, -0.2) is 14.6 Å². The highest BCUT2D eigenvalue weighted by Crippen LogP contribution is 2.13. The van der Waals surface area contributed by atoms with Crippen LogP contribution in [0.3, 0.4) is 0 Å². The minimum Gasteiger partial charge on any atom is -0.480 e. The van der Waals surface area contributed by atoms with Gasteiger partial charge in [-0.1, -0.05) is 13.8 Å². The number of halogens is 3. The monoisotopic (exact) mass is 339 g/mol. The number of imidazole rings is 1. The Kier molecular flexibility index (Phi) is 7.23. The Labute approximate surface area is 128 Å². The molecule has 0 bridgehead atoms. The molecule has 130 valence electrons. The summed E-state index contributed by atoms with van der Waals surface area (Å²) in [6.07, 6.45) is -2.20. The Morgan fingerprint density at radius 3 is 2.00 bits per heavy atom. The highest BCUT2D eigenvalue weighted by molar-refractivity contribution is 5.95. The molecular weight excluding hydrogens is 323 g/mol. The zero-order valence-electron chi connectivity index (χ0n) is 12.5. The summed E-state index contributed by atoms with van der Waals surface area (Å²) in [4.78, 5) is 35.3. The summed E-state index contributed by atoms with van der Waals surface area (Å²) in [7, 11) is 1.67. The maximum atomic E-state index is 11.7. The molecule has 1 rings (SSSR count). The fraction of sp³-hybridized carbons (Fsp3) is 0.500. The average molecular weight is 339 g/mol. The van der Waals surface area contributed by atoms with Crippen LogP contribution in [0.25, 0.3) is 0 Å². The molecule has 1 heterocycles.